The number of hydrogen-bond acceptors (Lipinski definition) is 6. The van der Waals surface area contributed by atoms with E-state index in [0.29, 0.717) is 30.4 Å². The quantitative estimate of drug-likeness (QED) is 0.264. The molecule has 0 radical (unpaired) electrons. The Balaban J connectivity index is 1.34. The maximum atomic E-state index is 12.6. The molecular formula is C36H48ClN3O5S. The fraction of sp³-hybridized carbons (Fsp3) is 0.556. The van der Waals surface area contributed by atoms with E-state index in [1.807, 2.05) is 25.1 Å². The molecule has 1 heterocycles. The molecule has 1 aliphatic heterocycles. The van der Waals surface area contributed by atoms with Crippen LogP contribution in [0.4, 0.5) is 5.69 Å². The van der Waals surface area contributed by atoms with E-state index in [1.165, 1.54) is 11.1 Å². The number of hydrogen-bond donors (Lipinski definition) is 2. The van der Waals surface area contributed by atoms with E-state index >= 15 is 0 Å². The number of ether oxygens (including phenoxy) is 2. The number of anilines is 1. The van der Waals surface area contributed by atoms with E-state index in [0.717, 1.165) is 68.1 Å². The summed E-state index contributed by atoms with van der Waals surface area (Å²) in [4.78, 5) is 26.3. The van der Waals surface area contributed by atoms with Gasteiger partial charge in [0, 0.05) is 42.6 Å². The largest absolute Gasteiger partial charge is 0.490 e. The maximum absolute atomic E-state index is 12.6. The van der Waals surface area contributed by atoms with E-state index in [-0.39, 0.29) is 28.6 Å². The maximum Gasteiger partial charge on any atom is 0.248 e. The molecule has 10 heteroatoms. The van der Waals surface area contributed by atoms with Crippen molar-refractivity contribution in [1.82, 2.24) is 4.72 Å². The summed E-state index contributed by atoms with van der Waals surface area (Å²) in [6, 6.07) is 11.8. The summed E-state index contributed by atoms with van der Waals surface area (Å²) in [5.41, 5.74) is 9.50. The molecular weight excluding hydrogens is 622 g/mol. The van der Waals surface area contributed by atoms with Crippen LogP contribution in [-0.2, 0) is 32.4 Å². The smallest absolute Gasteiger partial charge is 0.248 e. The Kier molecular flexibility index (Phi) is 11.2. The average Bonchev–Trinajstić information content (AvgIpc) is 3.18. The molecule has 0 unspecified atom stereocenters. The number of primary amides is 1. The fourth-order valence-electron chi connectivity index (χ4n) is 7.31. The van der Waals surface area contributed by atoms with E-state index in [2.05, 4.69) is 40.8 Å². The molecule has 1 spiro atoms. The van der Waals surface area contributed by atoms with Gasteiger partial charge in [0.25, 0.3) is 0 Å². The number of nitrogens with two attached hydrogens (primary N) is 1. The Bertz CT molecular complexity index is 1480. The zero-order valence-electron chi connectivity index (χ0n) is 27.4. The van der Waals surface area contributed by atoms with Gasteiger partial charge in [-0.2, -0.15) is 0 Å². The number of amides is 2. The highest BCUT2D eigenvalue weighted by Gasteiger charge is 2.44. The molecule has 7 atom stereocenters. The minimum atomic E-state index is -1.41. The minimum absolute atomic E-state index is 0.0438. The van der Waals surface area contributed by atoms with Gasteiger partial charge in [-0.15, -0.1) is 0 Å². The number of nitrogens with zero attached hydrogens (tertiary/aromatic N) is 1. The van der Waals surface area contributed by atoms with Crippen molar-refractivity contribution < 1.29 is 23.3 Å². The number of carbonyl (C=O) groups is 2. The van der Waals surface area contributed by atoms with Crippen molar-refractivity contribution in [3.05, 3.63) is 70.3 Å². The van der Waals surface area contributed by atoms with Gasteiger partial charge in [0.05, 0.1) is 23.6 Å². The molecule has 1 fully saturated rings. The van der Waals surface area contributed by atoms with Gasteiger partial charge in [0.15, 0.2) is 0 Å². The van der Waals surface area contributed by atoms with Gasteiger partial charge in [-0.05, 0) is 105 Å². The van der Waals surface area contributed by atoms with E-state index in [4.69, 9.17) is 26.8 Å². The first-order valence-electron chi connectivity index (χ1n) is 16.5. The number of halogens is 1. The molecule has 5 rings (SSSR count). The summed E-state index contributed by atoms with van der Waals surface area (Å²) in [7, 11) is 0.353. The summed E-state index contributed by atoms with van der Waals surface area (Å²) in [6.45, 7) is 7.87. The Morgan fingerprint density at radius 2 is 2.04 bits per heavy atom. The predicted molar refractivity (Wildman–Crippen MR) is 185 cm³/mol. The summed E-state index contributed by atoms with van der Waals surface area (Å²) < 4.78 is 27.7. The molecule has 3 aliphatic rings. The number of allylic oxidation sites excluding steroid dienone is 1. The van der Waals surface area contributed by atoms with Crippen LogP contribution in [0.1, 0.15) is 80.8 Å². The molecule has 0 aromatic heterocycles. The molecule has 250 valence electrons. The number of nitrogens with one attached hydrogen (secondary N) is 1. The van der Waals surface area contributed by atoms with Gasteiger partial charge in [-0.3, -0.25) is 14.3 Å². The Labute approximate surface area is 281 Å². The monoisotopic (exact) mass is 669 g/mol. The minimum Gasteiger partial charge on any atom is -0.490 e. The van der Waals surface area contributed by atoms with Crippen LogP contribution in [0.5, 0.6) is 5.75 Å². The summed E-state index contributed by atoms with van der Waals surface area (Å²) in [5.74, 6) is 0.976. The van der Waals surface area contributed by atoms with Crippen LogP contribution >= 0.6 is 11.6 Å². The number of fused-ring (bicyclic) bond motifs is 3. The van der Waals surface area contributed by atoms with Crippen molar-refractivity contribution in [3.8, 4) is 5.75 Å². The lowest BCUT2D eigenvalue weighted by molar-refractivity contribution is -0.118. The van der Waals surface area contributed by atoms with Crippen LogP contribution in [0.15, 0.2) is 48.6 Å². The lowest BCUT2D eigenvalue weighted by atomic mass is 9.68. The molecule has 0 bridgehead atoms. The number of benzene rings is 2. The average molecular weight is 670 g/mol. The van der Waals surface area contributed by atoms with Gasteiger partial charge in [-0.1, -0.05) is 43.7 Å². The molecule has 3 N–H and O–H groups in total. The van der Waals surface area contributed by atoms with Crippen molar-refractivity contribution in [2.24, 2.45) is 23.5 Å². The van der Waals surface area contributed by atoms with E-state index < -0.39 is 16.9 Å². The second kappa shape index (κ2) is 14.9. The number of rotatable bonds is 12. The summed E-state index contributed by atoms with van der Waals surface area (Å²) in [5, 5.41) is 0.592. The van der Waals surface area contributed by atoms with Crippen molar-refractivity contribution in [1.29, 1.82) is 0 Å². The predicted octanol–water partition coefficient (Wildman–Crippen LogP) is 6.11. The molecule has 2 aromatic carbocycles. The third kappa shape index (κ3) is 7.47. The van der Waals surface area contributed by atoms with Crippen LogP contribution in [0.3, 0.4) is 0 Å². The molecule has 0 saturated heterocycles. The molecule has 46 heavy (non-hydrogen) atoms. The van der Waals surface area contributed by atoms with Crippen LogP contribution in [0, 0.1) is 17.8 Å². The highest BCUT2D eigenvalue weighted by Crippen LogP contribution is 2.47. The highest BCUT2D eigenvalue weighted by molar-refractivity contribution is 7.84. The van der Waals surface area contributed by atoms with Crippen LogP contribution in [0.25, 0.3) is 0 Å². The van der Waals surface area contributed by atoms with Crippen LogP contribution in [-0.4, -0.2) is 54.2 Å². The van der Waals surface area contributed by atoms with E-state index in [1.54, 1.807) is 20.1 Å². The normalized spacial score (nSPS) is 24.9. The Hall–Kier alpha value is -2.88. The Morgan fingerprint density at radius 3 is 2.74 bits per heavy atom. The van der Waals surface area contributed by atoms with Crippen molar-refractivity contribution in [2.45, 2.75) is 82.5 Å². The van der Waals surface area contributed by atoms with Crippen LogP contribution in [0.2, 0.25) is 5.02 Å². The van der Waals surface area contributed by atoms with Crippen molar-refractivity contribution in [2.75, 3.05) is 31.7 Å². The number of carbonyl (C=O) groups excluding carboxylic acids is 2. The lowest BCUT2D eigenvalue weighted by Gasteiger charge is -2.46. The third-order valence-electron chi connectivity index (χ3n) is 10.5. The second-order valence-corrected chi connectivity index (χ2v) is 15.4. The first-order chi connectivity index (χ1) is 22.0. The first-order valence-corrected chi connectivity index (χ1v) is 18.1. The Morgan fingerprint density at radius 1 is 1.24 bits per heavy atom. The van der Waals surface area contributed by atoms with Gasteiger partial charge < -0.3 is 20.1 Å². The summed E-state index contributed by atoms with van der Waals surface area (Å²) >= 11 is 6.41. The van der Waals surface area contributed by atoms with Crippen LogP contribution < -0.4 is 20.1 Å². The van der Waals surface area contributed by atoms with Gasteiger partial charge in [0.1, 0.15) is 16.7 Å². The van der Waals surface area contributed by atoms with Crippen molar-refractivity contribution in [3.63, 3.8) is 0 Å². The van der Waals surface area contributed by atoms with Gasteiger partial charge >= 0.3 is 0 Å². The van der Waals surface area contributed by atoms with E-state index in [9.17, 15) is 13.8 Å². The number of aryl methyl sites for hydroxylation is 1. The SMILES string of the molecule is CCC(=O)N[S@@](=O)[C@H](C)[C@@H](C)C/C=C/[C@H](OC)[C@@H]1CC[C@H]1CN1C[C@@]2(CCCc3cc(Cl)ccc32)COc2ccc(C(N)=O)cc21. The standard InChI is InChI=1S/C36H48ClN3O5S/c1-5-34(41)39-46(43)24(3)23(2)8-6-10-32(44-4)29-14-11-27(29)20-40-21-36(17-7-9-25-18-28(37)13-15-30(25)36)22-45-33-16-12-26(35(38)42)19-31(33)40/h6,10,12-13,15-16,18-19,23-24,27,29,32H,5,7-9,11,14,17,20-22H2,1-4H3,(H2,38,42)(H,39,41)/b10-6+/t23-,24+,27-,29+,32-,36-,46-/m0/s1. The zero-order chi connectivity index (χ0) is 33.0. The fourth-order valence-corrected chi connectivity index (χ4v) is 8.59. The third-order valence-corrected chi connectivity index (χ3v) is 12.3. The topological polar surface area (TPSA) is 111 Å². The molecule has 1 saturated carbocycles. The molecule has 8 nitrogen and oxygen atoms in total. The number of methoxy groups -OCH3 is 1. The first kappa shape index (κ1) is 34.5. The molecule has 2 aliphatic carbocycles. The van der Waals surface area contributed by atoms with Crippen molar-refractivity contribution >= 4 is 40.1 Å². The highest BCUT2D eigenvalue weighted by atomic mass is 35.5. The second-order valence-electron chi connectivity index (χ2n) is 13.4. The molecule has 2 amide bonds. The summed E-state index contributed by atoms with van der Waals surface area (Å²) in [6.07, 6.45) is 10.5. The lowest BCUT2D eigenvalue weighted by Crippen LogP contribution is -2.49. The zero-order valence-corrected chi connectivity index (χ0v) is 29.0. The molecule has 2 aromatic rings. The van der Waals surface area contributed by atoms with Gasteiger partial charge in [0.2, 0.25) is 11.8 Å². The van der Waals surface area contributed by atoms with Gasteiger partial charge in [-0.25, -0.2) is 4.21 Å².